The lowest BCUT2D eigenvalue weighted by atomic mass is 9.98. The number of phenols is 1. The van der Waals surface area contributed by atoms with Gasteiger partial charge in [-0.3, -0.25) is 14.4 Å². The molecule has 2 atom stereocenters. The lowest BCUT2D eigenvalue weighted by Crippen LogP contribution is -2.49. The zero-order valence-corrected chi connectivity index (χ0v) is 25.8. The fourth-order valence-electron chi connectivity index (χ4n) is 5.25. The second-order valence-electron chi connectivity index (χ2n) is 11.3. The largest absolute Gasteiger partial charge is 0.508 e. The summed E-state index contributed by atoms with van der Waals surface area (Å²) in [5.74, 6) is -0.664. The third-order valence-electron chi connectivity index (χ3n) is 7.28. The molecule has 0 heterocycles. The number of aliphatic hydroxyl groups is 1. The minimum atomic E-state index is -0.894. The van der Waals surface area contributed by atoms with Gasteiger partial charge < -0.3 is 31.5 Å². The van der Waals surface area contributed by atoms with E-state index in [1.54, 1.807) is 36.4 Å². The van der Waals surface area contributed by atoms with E-state index in [9.17, 15) is 24.6 Å². The normalized spacial score (nSPS) is 12.3. The first-order valence-corrected chi connectivity index (χ1v) is 15.3. The fourth-order valence-corrected chi connectivity index (χ4v) is 5.25. The summed E-state index contributed by atoms with van der Waals surface area (Å²) in [7, 11) is 0. The van der Waals surface area contributed by atoms with Crippen molar-refractivity contribution >= 4 is 17.7 Å². The number of amides is 3. The number of primary amides is 1. The summed E-state index contributed by atoms with van der Waals surface area (Å²) < 4.78 is 0. The molecule has 236 valence electrons. The Morgan fingerprint density at radius 2 is 1.39 bits per heavy atom. The second-order valence-corrected chi connectivity index (χ2v) is 11.3. The van der Waals surface area contributed by atoms with Gasteiger partial charge in [-0.25, -0.2) is 0 Å². The molecule has 0 radical (unpaired) electrons. The van der Waals surface area contributed by atoms with Gasteiger partial charge in [0, 0.05) is 26.2 Å². The molecule has 0 unspecified atom stereocenters. The molecule has 44 heavy (non-hydrogen) atoms. The first-order chi connectivity index (χ1) is 21.2. The summed E-state index contributed by atoms with van der Waals surface area (Å²) in [6, 6.07) is 21.3. The molecule has 3 aromatic rings. The summed E-state index contributed by atoms with van der Waals surface area (Å²) >= 11 is 0. The highest BCUT2D eigenvalue weighted by Crippen LogP contribution is 2.16. The van der Waals surface area contributed by atoms with Gasteiger partial charge in [-0.05, 0) is 59.2 Å². The molecule has 9 heteroatoms. The third kappa shape index (κ3) is 11.8. The zero-order chi connectivity index (χ0) is 31.9. The summed E-state index contributed by atoms with van der Waals surface area (Å²) in [5, 5.41) is 27.1. The number of aliphatic hydroxyl groups excluding tert-OH is 1. The average Bonchev–Trinajstić information content (AvgIpc) is 2.97. The summed E-state index contributed by atoms with van der Waals surface area (Å²) in [6.45, 7) is 6.24. The Morgan fingerprint density at radius 3 is 1.98 bits per heavy atom. The van der Waals surface area contributed by atoms with Crippen LogP contribution in [0.1, 0.15) is 54.5 Å². The van der Waals surface area contributed by atoms with Crippen molar-refractivity contribution in [2.45, 2.75) is 71.1 Å². The van der Waals surface area contributed by atoms with Crippen molar-refractivity contribution in [1.82, 2.24) is 15.5 Å². The van der Waals surface area contributed by atoms with Crippen molar-refractivity contribution in [1.29, 1.82) is 0 Å². The van der Waals surface area contributed by atoms with Gasteiger partial charge in [0.2, 0.25) is 17.7 Å². The standard InChI is InChI=1S/C35H46N4O5/c1-3-14-39(15-4-2)35(44)22-29-17-27(20-33(36)42)16-28(18-29)21-34(43)38-31(19-25-10-12-30(40)13-11-25)32(41)24-37-23-26-8-6-5-7-9-26/h5-13,16-18,31-32,37,40-41H,3-4,14-15,19-24H2,1-2H3,(H2,36,42)(H,38,43)/t31-,32+/m0/s1. The number of benzene rings is 3. The molecule has 3 rings (SSSR count). The second kappa shape index (κ2) is 17.8. The number of hydrogen-bond acceptors (Lipinski definition) is 6. The number of carbonyl (C=O) groups is 3. The fraction of sp³-hybridized carbons (Fsp3) is 0.400. The van der Waals surface area contributed by atoms with E-state index in [0.717, 1.165) is 29.5 Å². The van der Waals surface area contributed by atoms with Gasteiger partial charge in [0.1, 0.15) is 5.75 Å². The van der Waals surface area contributed by atoms with Crippen molar-refractivity contribution < 1.29 is 24.6 Å². The van der Waals surface area contributed by atoms with Crippen LogP contribution in [-0.2, 0) is 46.6 Å². The number of nitrogens with one attached hydrogen (secondary N) is 2. The Morgan fingerprint density at radius 1 is 0.795 bits per heavy atom. The maximum Gasteiger partial charge on any atom is 0.226 e. The molecule has 0 aliphatic rings. The van der Waals surface area contributed by atoms with Crippen LogP contribution in [0.15, 0.2) is 72.8 Å². The molecular formula is C35H46N4O5. The Labute approximate surface area is 260 Å². The monoisotopic (exact) mass is 602 g/mol. The van der Waals surface area contributed by atoms with Crippen molar-refractivity contribution in [2.24, 2.45) is 5.73 Å². The highest BCUT2D eigenvalue weighted by molar-refractivity contribution is 5.81. The van der Waals surface area contributed by atoms with E-state index in [2.05, 4.69) is 10.6 Å². The van der Waals surface area contributed by atoms with Crippen LogP contribution >= 0.6 is 0 Å². The summed E-state index contributed by atoms with van der Waals surface area (Å²) in [6.07, 6.45) is 1.34. The van der Waals surface area contributed by atoms with Crippen LogP contribution in [0.4, 0.5) is 0 Å². The first-order valence-electron chi connectivity index (χ1n) is 15.3. The van der Waals surface area contributed by atoms with Gasteiger partial charge in [-0.2, -0.15) is 0 Å². The summed E-state index contributed by atoms with van der Waals surface area (Å²) in [4.78, 5) is 40.0. The number of nitrogens with two attached hydrogens (primary N) is 1. The van der Waals surface area contributed by atoms with Gasteiger partial charge in [-0.1, -0.05) is 74.5 Å². The van der Waals surface area contributed by atoms with E-state index in [-0.39, 0.29) is 43.4 Å². The van der Waals surface area contributed by atoms with Crippen LogP contribution < -0.4 is 16.4 Å². The molecule has 0 bridgehead atoms. The van der Waals surface area contributed by atoms with E-state index in [1.807, 2.05) is 55.1 Å². The van der Waals surface area contributed by atoms with Gasteiger partial charge >= 0.3 is 0 Å². The molecule has 0 aliphatic carbocycles. The molecule has 3 aromatic carbocycles. The third-order valence-corrected chi connectivity index (χ3v) is 7.28. The maximum absolute atomic E-state index is 13.4. The van der Waals surface area contributed by atoms with Crippen molar-refractivity contribution in [2.75, 3.05) is 19.6 Å². The predicted octanol–water partition coefficient (Wildman–Crippen LogP) is 3.03. The molecule has 0 saturated carbocycles. The molecule has 0 saturated heterocycles. The van der Waals surface area contributed by atoms with Crippen molar-refractivity contribution in [3.8, 4) is 5.75 Å². The Kier molecular flexibility index (Phi) is 13.9. The van der Waals surface area contributed by atoms with E-state index in [0.29, 0.717) is 37.2 Å². The molecule has 9 nitrogen and oxygen atoms in total. The minimum Gasteiger partial charge on any atom is -0.508 e. The number of hydrogen-bond donors (Lipinski definition) is 5. The highest BCUT2D eigenvalue weighted by Gasteiger charge is 2.22. The van der Waals surface area contributed by atoms with E-state index in [1.165, 1.54) is 0 Å². The van der Waals surface area contributed by atoms with E-state index in [4.69, 9.17) is 5.73 Å². The molecule has 0 fully saturated rings. The Balaban J connectivity index is 1.75. The van der Waals surface area contributed by atoms with Crippen LogP contribution in [0.5, 0.6) is 5.75 Å². The molecule has 0 spiro atoms. The molecule has 6 N–H and O–H groups in total. The molecule has 0 aromatic heterocycles. The lowest BCUT2D eigenvalue weighted by Gasteiger charge is -2.25. The van der Waals surface area contributed by atoms with E-state index < -0.39 is 18.1 Å². The van der Waals surface area contributed by atoms with Crippen LogP contribution in [0.25, 0.3) is 0 Å². The van der Waals surface area contributed by atoms with Crippen LogP contribution in [0.2, 0.25) is 0 Å². The lowest BCUT2D eigenvalue weighted by molar-refractivity contribution is -0.130. The average molecular weight is 603 g/mol. The molecular weight excluding hydrogens is 556 g/mol. The SMILES string of the molecule is CCCN(CCC)C(=O)Cc1cc(CC(N)=O)cc(CC(=O)N[C@@H](Cc2ccc(O)cc2)[C@H](O)CNCc2ccccc2)c1. The predicted molar refractivity (Wildman–Crippen MR) is 172 cm³/mol. The Bertz CT molecular complexity index is 1340. The van der Waals surface area contributed by atoms with Crippen LogP contribution in [-0.4, -0.2) is 64.6 Å². The van der Waals surface area contributed by atoms with Crippen LogP contribution in [0.3, 0.4) is 0 Å². The minimum absolute atomic E-state index is 0.000383. The summed E-state index contributed by atoms with van der Waals surface area (Å²) in [5.41, 5.74) is 9.42. The Hall–Kier alpha value is -4.21. The van der Waals surface area contributed by atoms with Gasteiger partial charge in [0.25, 0.3) is 0 Å². The van der Waals surface area contributed by atoms with Crippen molar-refractivity contribution in [3.63, 3.8) is 0 Å². The number of aromatic hydroxyl groups is 1. The number of carbonyl (C=O) groups excluding carboxylic acids is 3. The molecule has 3 amide bonds. The molecule has 0 aliphatic heterocycles. The zero-order valence-electron chi connectivity index (χ0n) is 25.8. The van der Waals surface area contributed by atoms with Crippen molar-refractivity contribution in [3.05, 3.63) is 101 Å². The highest BCUT2D eigenvalue weighted by atomic mass is 16.3. The van der Waals surface area contributed by atoms with Gasteiger partial charge in [-0.15, -0.1) is 0 Å². The quantitative estimate of drug-likeness (QED) is 0.151. The number of rotatable bonds is 18. The van der Waals surface area contributed by atoms with E-state index >= 15 is 0 Å². The number of phenolic OH excluding ortho intramolecular Hbond substituents is 1. The smallest absolute Gasteiger partial charge is 0.226 e. The van der Waals surface area contributed by atoms with Gasteiger partial charge in [0.05, 0.1) is 31.4 Å². The van der Waals surface area contributed by atoms with Crippen LogP contribution in [0, 0.1) is 0 Å². The topological polar surface area (TPSA) is 145 Å². The number of nitrogens with zero attached hydrogens (tertiary/aromatic N) is 1. The maximum atomic E-state index is 13.4. The van der Waals surface area contributed by atoms with Gasteiger partial charge in [0.15, 0.2) is 0 Å². The first kappa shape index (κ1) is 34.3.